The predicted molar refractivity (Wildman–Crippen MR) is 128 cm³/mol. The van der Waals surface area contributed by atoms with Crippen molar-refractivity contribution in [1.82, 2.24) is 19.7 Å². The predicted octanol–water partition coefficient (Wildman–Crippen LogP) is -0.000700. The largest absolute Gasteiger partial charge is 0.480 e. The summed E-state index contributed by atoms with van der Waals surface area (Å²) in [7, 11) is 0. The molecule has 1 aliphatic heterocycles. The lowest BCUT2D eigenvalue weighted by Crippen LogP contribution is -2.51. The first-order chi connectivity index (χ1) is 17.2. The number of fused-ring (bicyclic) bond motifs is 2. The maximum absolute atomic E-state index is 12.1. The van der Waals surface area contributed by atoms with Crippen LogP contribution in [0.3, 0.4) is 0 Å². The maximum atomic E-state index is 12.1. The molecule has 6 N–H and O–H groups in total. The zero-order valence-corrected chi connectivity index (χ0v) is 20.5. The van der Waals surface area contributed by atoms with E-state index in [1.807, 2.05) is 0 Å². The molecule has 0 radical (unpaired) electrons. The summed E-state index contributed by atoms with van der Waals surface area (Å²) in [6, 6.07) is 2.73. The average Bonchev–Trinajstić information content (AvgIpc) is 2.82. The molecule has 3 unspecified atom stereocenters. The quantitative estimate of drug-likeness (QED) is 0.143. The van der Waals surface area contributed by atoms with Crippen LogP contribution in [0.2, 0.25) is 0 Å². The van der Waals surface area contributed by atoms with Gasteiger partial charge in [0.2, 0.25) is 0 Å². The second-order valence-corrected chi connectivity index (χ2v) is 8.87. The number of carbonyl (C=O) groups is 3. The van der Waals surface area contributed by atoms with E-state index in [1.54, 1.807) is 39.8 Å². The van der Waals surface area contributed by atoms with Crippen LogP contribution in [0.25, 0.3) is 0 Å². The third kappa shape index (κ3) is 8.76. The van der Waals surface area contributed by atoms with Gasteiger partial charge in [0.15, 0.2) is 0 Å². The molecule has 1 aliphatic rings. The van der Waals surface area contributed by atoms with Gasteiger partial charge >= 0.3 is 17.9 Å². The van der Waals surface area contributed by atoms with Gasteiger partial charge in [0, 0.05) is 39.3 Å². The first kappa shape index (κ1) is 29.5. The molecule has 13 nitrogen and oxygen atoms in total. The molecule has 1 aromatic rings. The molecule has 0 aromatic carbocycles. The summed E-state index contributed by atoms with van der Waals surface area (Å²) in [6.07, 6.45) is 0.770. The van der Waals surface area contributed by atoms with E-state index in [0.717, 1.165) is 0 Å². The summed E-state index contributed by atoms with van der Waals surface area (Å²) in [5.41, 5.74) is 6.90. The molecule has 0 saturated heterocycles. The number of rotatable bonds is 12. The van der Waals surface area contributed by atoms with Crippen molar-refractivity contribution in [3.63, 3.8) is 0 Å². The van der Waals surface area contributed by atoms with Crippen molar-refractivity contribution in [2.75, 3.05) is 39.3 Å². The number of carboxylic acid groups (broad SMARTS) is 3. The minimum absolute atomic E-state index is 0.00307. The fourth-order valence-corrected chi connectivity index (χ4v) is 4.40. The molecule has 0 fully saturated rings. The highest BCUT2D eigenvalue weighted by atomic mass is 17.1. The molecule has 0 aliphatic carbocycles. The Bertz CT molecular complexity index is 873. The van der Waals surface area contributed by atoms with Crippen LogP contribution in [0.4, 0.5) is 0 Å². The van der Waals surface area contributed by atoms with Crippen molar-refractivity contribution >= 4 is 17.9 Å². The van der Waals surface area contributed by atoms with Crippen LogP contribution >= 0.6 is 0 Å². The smallest absolute Gasteiger partial charge is 0.320 e. The molecule has 1 aromatic heterocycles. The van der Waals surface area contributed by atoms with E-state index in [1.165, 1.54) is 0 Å². The number of carboxylic acids is 3. The van der Waals surface area contributed by atoms with Gasteiger partial charge in [0.05, 0.1) is 18.0 Å². The van der Waals surface area contributed by atoms with Gasteiger partial charge in [-0.1, -0.05) is 6.07 Å². The van der Waals surface area contributed by atoms with Crippen LogP contribution < -0.4 is 5.73 Å². The van der Waals surface area contributed by atoms with Crippen molar-refractivity contribution in [3.05, 3.63) is 29.6 Å². The summed E-state index contributed by atoms with van der Waals surface area (Å²) in [5.74, 6) is -3.08. The summed E-state index contributed by atoms with van der Waals surface area (Å²) in [6.45, 7) is 3.15. The Morgan fingerprint density at radius 2 is 1.42 bits per heavy atom. The number of nitrogens with two attached hydrogens (primary N) is 1. The summed E-state index contributed by atoms with van der Waals surface area (Å²) in [5, 5.41) is 38.0. The average molecular weight is 512 g/mol. The SMILES string of the molecule is CC(C(=O)O)N1CCN(C(CCN)C(=O)O)Cc2cccc(n2)CN(C(CCCOO)C(=O)O)CC1. The molecule has 2 heterocycles. The molecule has 13 heteroatoms. The second-order valence-electron chi connectivity index (χ2n) is 8.87. The molecule has 0 amide bonds. The Morgan fingerprint density at radius 1 is 0.917 bits per heavy atom. The van der Waals surface area contributed by atoms with Crippen LogP contribution in [0, 0.1) is 0 Å². The third-order valence-corrected chi connectivity index (χ3v) is 6.45. The molecular formula is C23H37N5O8. The van der Waals surface area contributed by atoms with Crippen LogP contribution in [0.1, 0.15) is 37.6 Å². The first-order valence-corrected chi connectivity index (χ1v) is 12.0. The van der Waals surface area contributed by atoms with Gasteiger partial charge in [0.25, 0.3) is 0 Å². The number of pyridine rings is 1. The van der Waals surface area contributed by atoms with E-state index >= 15 is 0 Å². The molecule has 36 heavy (non-hydrogen) atoms. The Labute approximate surface area is 210 Å². The van der Waals surface area contributed by atoms with Crippen LogP contribution in [-0.4, -0.2) is 116 Å². The van der Waals surface area contributed by atoms with E-state index in [-0.39, 0.29) is 65.3 Å². The molecule has 0 spiro atoms. The minimum atomic E-state index is -1.04. The molecule has 202 valence electrons. The summed E-state index contributed by atoms with van der Waals surface area (Å²) < 4.78 is 0. The van der Waals surface area contributed by atoms with Gasteiger partial charge < -0.3 is 21.1 Å². The highest BCUT2D eigenvalue weighted by Gasteiger charge is 2.31. The van der Waals surface area contributed by atoms with Gasteiger partial charge in [-0.05, 0) is 44.9 Å². The van der Waals surface area contributed by atoms with Crippen molar-refractivity contribution in [1.29, 1.82) is 0 Å². The highest BCUT2D eigenvalue weighted by Crippen LogP contribution is 2.17. The topological polar surface area (TPSA) is 190 Å². The van der Waals surface area contributed by atoms with Gasteiger partial charge in [-0.15, -0.1) is 0 Å². The minimum Gasteiger partial charge on any atom is -0.480 e. The van der Waals surface area contributed by atoms with Crippen molar-refractivity contribution in [2.45, 2.75) is 57.4 Å². The molecular weight excluding hydrogens is 474 g/mol. The number of aromatic nitrogens is 1. The van der Waals surface area contributed by atoms with Crippen molar-refractivity contribution in [2.24, 2.45) is 5.73 Å². The number of aliphatic carboxylic acids is 3. The number of hydrogen-bond acceptors (Lipinski definition) is 10. The lowest BCUT2D eigenvalue weighted by molar-refractivity contribution is -0.243. The fraction of sp³-hybridized carbons (Fsp3) is 0.652. The van der Waals surface area contributed by atoms with E-state index in [0.29, 0.717) is 17.8 Å². The Balaban J connectivity index is 2.44. The lowest BCUT2D eigenvalue weighted by atomic mass is 10.1. The van der Waals surface area contributed by atoms with Gasteiger partial charge in [-0.2, -0.15) is 0 Å². The van der Waals surface area contributed by atoms with Gasteiger partial charge in [0.1, 0.15) is 18.1 Å². The molecule has 3 atom stereocenters. The maximum Gasteiger partial charge on any atom is 0.320 e. The standard InChI is InChI=1S/C23H37N5O8/c1-16(21(29)30)26-9-11-27(19(22(31)32)6-3-13-36-35)14-17-4-2-5-18(25-17)15-28(12-10-26)20(7-8-24)23(33)34/h2,4-5,16,19-20,35H,3,6-15,24H2,1H3,(H,29,30)(H,31,32)(H,33,34). The Kier molecular flexibility index (Phi) is 12.1. The van der Waals surface area contributed by atoms with E-state index in [2.05, 4.69) is 9.87 Å². The van der Waals surface area contributed by atoms with E-state index < -0.39 is 36.0 Å². The first-order valence-electron chi connectivity index (χ1n) is 12.0. The number of hydrogen-bond donors (Lipinski definition) is 5. The molecule has 2 rings (SSSR count). The van der Waals surface area contributed by atoms with E-state index in [9.17, 15) is 29.7 Å². The monoisotopic (exact) mass is 511 g/mol. The molecule has 0 saturated carbocycles. The number of nitrogens with zero attached hydrogens (tertiary/aromatic N) is 4. The van der Waals surface area contributed by atoms with Crippen LogP contribution in [0.5, 0.6) is 0 Å². The van der Waals surface area contributed by atoms with E-state index in [4.69, 9.17) is 11.0 Å². The van der Waals surface area contributed by atoms with Crippen LogP contribution in [0.15, 0.2) is 18.2 Å². The Hall–Kier alpha value is -2.68. The third-order valence-electron chi connectivity index (χ3n) is 6.45. The molecule has 2 bridgehead atoms. The highest BCUT2D eigenvalue weighted by molar-refractivity contribution is 5.74. The van der Waals surface area contributed by atoms with Crippen molar-refractivity contribution in [3.8, 4) is 0 Å². The lowest BCUT2D eigenvalue weighted by Gasteiger charge is -2.36. The second kappa shape index (κ2) is 14.8. The summed E-state index contributed by atoms with van der Waals surface area (Å²) >= 11 is 0. The van der Waals surface area contributed by atoms with Crippen LogP contribution in [-0.2, 0) is 32.4 Å². The Morgan fingerprint density at radius 3 is 1.86 bits per heavy atom. The summed E-state index contributed by atoms with van der Waals surface area (Å²) in [4.78, 5) is 49.9. The zero-order valence-electron chi connectivity index (χ0n) is 20.5. The fourth-order valence-electron chi connectivity index (χ4n) is 4.40. The normalized spacial score (nSPS) is 19.0. The van der Waals surface area contributed by atoms with Crippen molar-refractivity contribution < 1.29 is 39.8 Å². The zero-order chi connectivity index (χ0) is 26.7. The van der Waals surface area contributed by atoms with Gasteiger partial charge in [-0.3, -0.25) is 39.3 Å². The van der Waals surface area contributed by atoms with Gasteiger partial charge in [-0.25, -0.2) is 4.89 Å².